The first-order valence-electron chi connectivity index (χ1n) is 9.41. The van der Waals surface area contributed by atoms with Crippen LogP contribution in [0.3, 0.4) is 0 Å². The van der Waals surface area contributed by atoms with Crippen molar-refractivity contribution in [3.63, 3.8) is 0 Å². The summed E-state index contributed by atoms with van der Waals surface area (Å²) < 4.78 is 30.3. The summed E-state index contributed by atoms with van der Waals surface area (Å²) in [4.78, 5) is 8.72. The fourth-order valence-electron chi connectivity index (χ4n) is 3.02. The zero-order valence-corrected chi connectivity index (χ0v) is 17.1. The number of aromatic nitrogens is 2. The molecule has 9 heteroatoms. The van der Waals surface area contributed by atoms with E-state index >= 15 is 0 Å². The Morgan fingerprint density at radius 3 is 2.36 bits per heavy atom. The number of hydrogen-bond donors (Lipinski definition) is 2. The molecule has 0 atom stereocenters. The Kier molecular flexibility index (Phi) is 6.69. The Balaban J connectivity index is 1.47. The van der Waals surface area contributed by atoms with Crippen molar-refractivity contribution in [1.29, 1.82) is 0 Å². The molecule has 0 aliphatic carbocycles. The number of ether oxygens (including phenoxy) is 1. The molecule has 0 unspecified atom stereocenters. The van der Waals surface area contributed by atoms with Gasteiger partial charge in [-0.2, -0.15) is 0 Å². The second-order valence-corrected chi connectivity index (χ2v) is 9.00. The first kappa shape index (κ1) is 20.3. The van der Waals surface area contributed by atoms with Crippen molar-refractivity contribution in [3.05, 3.63) is 42.2 Å². The van der Waals surface area contributed by atoms with Crippen molar-refractivity contribution in [2.75, 3.05) is 49.7 Å². The second kappa shape index (κ2) is 9.20. The number of benzene rings is 1. The van der Waals surface area contributed by atoms with Gasteiger partial charge in [0.15, 0.2) is 11.6 Å². The van der Waals surface area contributed by atoms with Gasteiger partial charge in [-0.05, 0) is 31.0 Å². The van der Waals surface area contributed by atoms with E-state index in [1.807, 2.05) is 24.3 Å². The zero-order valence-electron chi connectivity index (χ0n) is 16.3. The lowest BCUT2D eigenvalue weighted by atomic mass is 10.0. The van der Waals surface area contributed by atoms with Crippen molar-refractivity contribution >= 4 is 21.7 Å². The van der Waals surface area contributed by atoms with Gasteiger partial charge in [0.1, 0.15) is 5.75 Å². The van der Waals surface area contributed by atoms with E-state index in [2.05, 4.69) is 20.6 Å². The summed E-state index contributed by atoms with van der Waals surface area (Å²) in [5.41, 5.74) is 1.21. The molecule has 8 nitrogen and oxygen atoms in total. The van der Waals surface area contributed by atoms with Crippen LogP contribution in [0.4, 0.5) is 11.6 Å². The van der Waals surface area contributed by atoms with Gasteiger partial charge in [0.25, 0.3) is 0 Å². The zero-order chi connectivity index (χ0) is 20.0. The molecule has 28 heavy (non-hydrogen) atoms. The van der Waals surface area contributed by atoms with Crippen molar-refractivity contribution in [3.8, 4) is 5.75 Å². The predicted octanol–water partition coefficient (Wildman–Crippen LogP) is 1.83. The van der Waals surface area contributed by atoms with Gasteiger partial charge >= 0.3 is 0 Å². The summed E-state index contributed by atoms with van der Waals surface area (Å²) in [6.45, 7) is 4.19. The van der Waals surface area contributed by atoms with Crippen molar-refractivity contribution in [2.45, 2.75) is 13.3 Å². The lowest BCUT2D eigenvalue weighted by molar-refractivity contribution is 0.212. The van der Waals surface area contributed by atoms with E-state index in [0.29, 0.717) is 31.3 Å². The van der Waals surface area contributed by atoms with E-state index in [1.54, 1.807) is 26.4 Å². The van der Waals surface area contributed by atoms with Crippen LogP contribution < -0.4 is 15.4 Å². The first-order chi connectivity index (χ1) is 13.5. The fourth-order valence-corrected chi connectivity index (χ4v) is 4.26. The Morgan fingerprint density at radius 1 is 1.11 bits per heavy atom. The average Bonchev–Trinajstić information content (AvgIpc) is 2.68. The SMILES string of the molecule is CCS(=O)(=O)N1CC(CNc2nccnc2NCCc2ccc(OC)cc2)C1. The molecule has 1 aromatic carbocycles. The molecule has 152 valence electrons. The highest BCUT2D eigenvalue weighted by atomic mass is 32.2. The number of methoxy groups -OCH3 is 1. The van der Waals surface area contributed by atoms with Gasteiger partial charge in [-0.3, -0.25) is 0 Å². The van der Waals surface area contributed by atoms with Gasteiger partial charge in [-0.15, -0.1) is 0 Å². The molecule has 1 saturated heterocycles. The summed E-state index contributed by atoms with van der Waals surface area (Å²) in [6, 6.07) is 7.99. The normalized spacial score (nSPS) is 15.1. The third-order valence-corrected chi connectivity index (χ3v) is 6.62. The van der Waals surface area contributed by atoms with Crippen molar-refractivity contribution in [2.24, 2.45) is 5.92 Å². The van der Waals surface area contributed by atoms with Crippen LogP contribution in [0.2, 0.25) is 0 Å². The predicted molar refractivity (Wildman–Crippen MR) is 110 cm³/mol. The van der Waals surface area contributed by atoms with Gasteiger partial charge in [-0.1, -0.05) is 12.1 Å². The molecule has 1 aliphatic rings. The Morgan fingerprint density at radius 2 is 1.75 bits per heavy atom. The Hall–Kier alpha value is -2.39. The maximum absolute atomic E-state index is 11.8. The number of nitrogens with zero attached hydrogens (tertiary/aromatic N) is 3. The quantitative estimate of drug-likeness (QED) is 0.622. The molecule has 0 spiro atoms. The highest BCUT2D eigenvalue weighted by molar-refractivity contribution is 7.89. The monoisotopic (exact) mass is 405 g/mol. The van der Waals surface area contributed by atoms with Crippen molar-refractivity contribution in [1.82, 2.24) is 14.3 Å². The summed E-state index contributed by atoms with van der Waals surface area (Å²) in [5, 5.41) is 6.61. The third kappa shape index (κ3) is 5.11. The van der Waals surface area contributed by atoms with E-state index in [9.17, 15) is 8.42 Å². The molecule has 1 aliphatic heterocycles. The average molecular weight is 406 g/mol. The molecular weight excluding hydrogens is 378 g/mol. The minimum atomic E-state index is -3.07. The largest absolute Gasteiger partial charge is 0.497 e. The summed E-state index contributed by atoms with van der Waals surface area (Å²) in [6.07, 6.45) is 4.15. The molecule has 2 heterocycles. The smallest absolute Gasteiger partial charge is 0.213 e. The van der Waals surface area contributed by atoms with Crippen LogP contribution in [0.15, 0.2) is 36.7 Å². The van der Waals surface area contributed by atoms with Gasteiger partial charge in [0.05, 0.1) is 12.9 Å². The lowest BCUT2D eigenvalue weighted by Crippen LogP contribution is -2.52. The number of rotatable bonds is 10. The van der Waals surface area contributed by atoms with E-state index in [4.69, 9.17) is 4.74 Å². The summed E-state index contributed by atoms with van der Waals surface area (Å²) in [5.74, 6) is 2.68. The van der Waals surface area contributed by atoms with Crippen LogP contribution in [0, 0.1) is 5.92 Å². The summed E-state index contributed by atoms with van der Waals surface area (Å²) >= 11 is 0. The Bertz CT molecular complexity index is 867. The van der Waals surface area contributed by atoms with Gasteiger partial charge in [0, 0.05) is 44.5 Å². The van der Waals surface area contributed by atoms with E-state index in [-0.39, 0.29) is 11.7 Å². The number of nitrogens with one attached hydrogen (secondary N) is 2. The van der Waals surface area contributed by atoms with Gasteiger partial charge in [-0.25, -0.2) is 22.7 Å². The van der Waals surface area contributed by atoms with Gasteiger partial charge in [0.2, 0.25) is 10.0 Å². The number of anilines is 2. The second-order valence-electron chi connectivity index (χ2n) is 6.74. The molecule has 0 amide bonds. The standard InChI is InChI=1S/C19H27N5O3S/c1-3-28(25,26)24-13-16(14-24)12-23-19-18(21-10-11-22-19)20-9-8-15-4-6-17(27-2)7-5-15/h4-7,10-11,16H,3,8-9,12-14H2,1-2H3,(H,20,21)(H,22,23). The van der Waals surface area contributed by atoms with Crippen LogP contribution in [0.25, 0.3) is 0 Å². The summed E-state index contributed by atoms with van der Waals surface area (Å²) in [7, 11) is -1.42. The van der Waals surface area contributed by atoms with Crippen LogP contribution in [-0.2, 0) is 16.4 Å². The van der Waals surface area contributed by atoms with Crippen LogP contribution in [-0.4, -0.2) is 61.7 Å². The Labute approximate surface area is 166 Å². The first-order valence-corrected chi connectivity index (χ1v) is 11.0. The molecule has 0 radical (unpaired) electrons. The topological polar surface area (TPSA) is 96.5 Å². The molecule has 2 aromatic rings. The van der Waals surface area contributed by atoms with E-state index in [1.165, 1.54) is 9.87 Å². The number of hydrogen-bond acceptors (Lipinski definition) is 7. The molecule has 3 rings (SSSR count). The highest BCUT2D eigenvalue weighted by Gasteiger charge is 2.34. The fraction of sp³-hybridized carbons (Fsp3) is 0.474. The lowest BCUT2D eigenvalue weighted by Gasteiger charge is -2.38. The molecule has 1 fully saturated rings. The molecule has 0 saturated carbocycles. The van der Waals surface area contributed by atoms with E-state index < -0.39 is 10.0 Å². The van der Waals surface area contributed by atoms with Crippen LogP contribution in [0.1, 0.15) is 12.5 Å². The van der Waals surface area contributed by atoms with Gasteiger partial charge < -0.3 is 15.4 Å². The van der Waals surface area contributed by atoms with Crippen molar-refractivity contribution < 1.29 is 13.2 Å². The highest BCUT2D eigenvalue weighted by Crippen LogP contribution is 2.22. The number of sulfonamides is 1. The molecule has 0 bridgehead atoms. The van der Waals surface area contributed by atoms with Crippen LogP contribution >= 0.6 is 0 Å². The molecular formula is C19H27N5O3S. The maximum Gasteiger partial charge on any atom is 0.213 e. The minimum absolute atomic E-state index is 0.152. The maximum atomic E-state index is 11.8. The minimum Gasteiger partial charge on any atom is -0.497 e. The van der Waals surface area contributed by atoms with Crippen LogP contribution in [0.5, 0.6) is 5.75 Å². The third-order valence-electron chi connectivity index (χ3n) is 4.80. The van der Waals surface area contributed by atoms with E-state index in [0.717, 1.165) is 18.7 Å². The molecule has 1 aromatic heterocycles. The molecule has 2 N–H and O–H groups in total.